The van der Waals surface area contributed by atoms with Crippen molar-refractivity contribution in [2.75, 3.05) is 5.01 Å². The lowest BCUT2D eigenvalue weighted by Crippen LogP contribution is -2.39. The van der Waals surface area contributed by atoms with Gasteiger partial charge in [-0.1, -0.05) is 32.3 Å². The van der Waals surface area contributed by atoms with Gasteiger partial charge >= 0.3 is 0 Å². The predicted molar refractivity (Wildman–Crippen MR) is 94.5 cm³/mol. The maximum atomic E-state index is 12.1. The fourth-order valence-corrected chi connectivity index (χ4v) is 3.66. The van der Waals surface area contributed by atoms with Gasteiger partial charge in [0.15, 0.2) is 0 Å². The number of rotatable bonds is 4. The molecule has 128 valence electrons. The summed E-state index contributed by atoms with van der Waals surface area (Å²) < 4.78 is 2.12. The molecule has 4 N–H and O–H groups in total. The fourth-order valence-electron chi connectivity index (χ4n) is 3.66. The van der Waals surface area contributed by atoms with E-state index < -0.39 is 5.91 Å². The Bertz CT molecular complexity index is 775. The van der Waals surface area contributed by atoms with Crippen LogP contribution >= 0.6 is 0 Å². The molecule has 24 heavy (non-hydrogen) atoms. The summed E-state index contributed by atoms with van der Waals surface area (Å²) in [7, 11) is 0. The summed E-state index contributed by atoms with van der Waals surface area (Å²) >= 11 is 0. The van der Waals surface area contributed by atoms with Crippen molar-refractivity contribution in [3.05, 3.63) is 29.8 Å². The number of benzene rings is 1. The Morgan fingerprint density at radius 1 is 1.25 bits per heavy atom. The Kier molecular flexibility index (Phi) is 4.57. The Morgan fingerprint density at radius 2 is 1.96 bits per heavy atom. The smallest absolute Gasteiger partial charge is 0.249 e. The lowest BCUT2D eigenvalue weighted by atomic mass is 9.95. The van der Waals surface area contributed by atoms with Crippen molar-refractivity contribution in [3.63, 3.8) is 0 Å². The first kappa shape index (κ1) is 16.5. The maximum absolute atomic E-state index is 12.1. The molecule has 2 amide bonds. The van der Waals surface area contributed by atoms with Crippen LogP contribution in [0.4, 0.5) is 5.82 Å². The van der Waals surface area contributed by atoms with Gasteiger partial charge in [0.2, 0.25) is 11.8 Å². The second-order valence-electron chi connectivity index (χ2n) is 6.38. The fraction of sp³-hybridized carbons (Fsp3) is 0.444. The van der Waals surface area contributed by atoms with E-state index in [0.717, 1.165) is 36.6 Å². The molecular weight excluding hydrogens is 304 g/mol. The predicted octanol–water partition coefficient (Wildman–Crippen LogP) is 2.86. The first-order chi connectivity index (χ1) is 11.5. The summed E-state index contributed by atoms with van der Waals surface area (Å²) in [5, 5.41) is 1.96. The molecule has 1 aliphatic carbocycles. The van der Waals surface area contributed by atoms with Crippen molar-refractivity contribution < 1.29 is 9.59 Å². The first-order valence-electron chi connectivity index (χ1n) is 8.56. The van der Waals surface area contributed by atoms with Gasteiger partial charge < -0.3 is 10.3 Å². The normalized spacial score (nSPS) is 15.6. The minimum absolute atomic E-state index is 0.157. The van der Waals surface area contributed by atoms with Crippen LogP contribution in [0, 0.1) is 0 Å². The van der Waals surface area contributed by atoms with Gasteiger partial charge in [-0.3, -0.25) is 9.59 Å². The van der Waals surface area contributed by atoms with Gasteiger partial charge in [-0.05, 0) is 31.0 Å². The first-order valence-corrected chi connectivity index (χ1v) is 8.56. The molecule has 1 saturated carbocycles. The molecule has 0 atom stereocenters. The Balaban J connectivity index is 2.22. The van der Waals surface area contributed by atoms with E-state index in [-0.39, 0.29) is 11.9 Å². The highest BCUT2D eigenvalue weighted by molar-refractivity contribution is 6.08. The molecule has 2 aromatic rings. The zero-order chi connectivity index (χ0) is 17.3. The zero-order valence-corrected chi connectivity index (χ0v) is 14.0. The lowest BCUT2D eigenvalue weighted by molar-refractivity contribution is -0.118. The van der Waals surface area contributed by atoms with Gasteiger partial charge in [0.05, 0.1) is 5.52 Å². The van der Waals surface area contributed by atoms with Crippen LogP contribution < -0.4 is 16.6 Å². The van der Waals surface area contributed by atoms with Crippen LogP contribution in [0.5, 0.6) is 0 Å². The third kappa shape index (κ3) is 2.78. The number of nitrogens with zero attached hydrogens (tertiary/aromatic N) is 2. The highest BCUT2D eigenvalue weighted by Gasteiger charge is 2.25. The molecule has 0 aliphatic heterocycles. The van der Waals surface area contributed by atoms with Gasteiger partial charge in [-0.2, -0.15) is 0 Å². The van der Waals surface area contributed by atoms with Gasteiger partial charge in [0.25, 0.3) is 0 Å². The number of hydrogen-bond donors (Lipinski definition) is 2. The molecule has 1 fully saturated rings. The van der Waals surface area contributed by atoms with Gasteiger partial charge in [0.1, 0.15) is 5.82 Å². The van der Waals surface area contributed by atoms with Crippen LogP contribution in [0.1, 0.15) is 61.8 Å². The quantitative estimate of drug-likeness (QED) is 0.513. The van der Waals surface area contributed by atoms with Crippen LogP contribution in [-0.2, 0) is 4.79 Å². The second kappa shape index (κ2) is 6.65. The number of amides is 2. The monoisotopic (exact) mass is 328 g/mol. The summed E-state index contributed by atoms with van der Waals surface area (Å²) in [6, 6.07) is 7.60. The number of anilines is 1. The van der Waals surface area contributed by atoms with Crippen LogP contribution in [0.3, 0.4) is 0 Å². The van der Waals surface area contributed by atoms with Gasteiger partial charge in [0, 0.05) is 23.4 Å². The van der Waals surface area contributed by atoms with Crippen molar-refractivity contribution >= 4 is 28.5 Å². The van der Waals surface area contributed by atoms with E-state index in [4.69, 9.17) is 11.6 Å². The van der Waals surface area contributed by atoms with E-state index in [1.54, 1.807) is 13.0 Å². The molecule has 1 aromatic carbocycles. The molecule has 0 bridgehead atoms. The number of aromatic nitrogens is 1. The zero-order valence-electron chi connectivity index (χ0n) is 14.0. The van der Waals surface area contributed by atoms with Crippen LogP contribution in [-0.4, -0.2) is 16.4 Å². The van der Waals surface area contributed by atoms with Crippen molar-refractivity contribution in [1.82, 2.24) is 4.57 Å². The topological polar surface area (TPSA) is 94.3 Å². The molecule has 6 heteroatoms. The Hall–Kier alpha value is -2.34. The largest absolute Gasteiger partial charge is 0.366 e. The van der Waals surface area contributed by atoms with E-state index in [9.17, 15) is 9.59 Å². The van der Waals surface area contributed by atoms with E-state index in [0.29, 0.717) is 17.8 Å². The minimum atomic E-state index is -0.474. The number of hydrogen-bond acceptors (Lipinski definition) is 3. The van der Waals surface area contributed by atoms with E-state index >= 15 is 0 Å². The van der Waals surface area contributed by atoms with Gasteiger partial charge in [-0.15, -0.1) is 0 Å². The average Bonchev–Trinajstić information content (AvgIpc) is 3.00. The highest BCUT2D eigenvalue weighted by Crippen LogP contribution is 2.37. The number of nitrogens with two attached hydrogens (primary N) is 2. The standard InChI is InChI=1S/C18H24N4O2/c1-2-17(23)22(20)16-11-14-13(18(19)24)9-6-10-15(14)21(16)12-7-4-3-5-8-12/h6,9-12H,2-5,7-8,20H2,1H3,(H2,19,24). The van der Waals surface area contributed by atoms with Crippen molar-refractivity contribution in [3.8, 4) is 0 Å². The van der Waals surface area contributed by atoms with Crippen molar-refractivity contribution in [1.29, 1.82) is 0 Å². The highest BCUT2D eigenvalue weighted by atomic mass is 16.2. The molecule has 0 saturated heterocycles. The van der Waals surface area contributed by atoms with E-state index in [1.807, 2.05) is 18.2 Å². The minimum Gasteiger partial charge on any atom is -0.366 e. The van der Waals surface area contributed by atoms with E-state index in [1.165, 1.54) is 11.4 Å². The summed E-state index contributed by atoms with van der Waals surface area (Å²) in [6.07, 6.45) is 5.97. The molecule has 6 nitrogen and oxygen atoms in total. The summed E-state index contributed by atoms with van der Waals surface area (Å²) in [5.41, 5.74) is 6.89. The number of fused-ring (bicyclic) bond motifs is 1. The Labute approximate surface area is 141 Å². The second-order valence-corrected chi connectivity index (χ2v) is 6.38. The summed E-state index contributed by atoms with van der Waals surface area (Å²) in [4.78, 5) is 23.9. The van der Waals surface area contributed by atoms with Crippen molar-refractivity contribution in [2.24, 2.45) is 11.6 Å². The lowest BCUT2D eigenvalue weighted by Gasteiger charge is -2.28. The molecular formula is C18H24N4O2. The molecule has 0 spiro atoms. The van der Waals surface area contributed by atoms with Crippen molar-refractivity contribution in [2.45, 2.75) is 51.5 Å². The third-order valence-corrected chi connectivity index (χ3v) is 4.89. The average molecular weight is 328 g/mol. The molecule has 0 radical (unpaired) electrons. The van der Waals surface area contributed by atoms with Crippen LogP contribution in [0.15, 0.2) is 24.3 Å². The van der Waals surface area contributed by atoms with Crippen LogP contribution in [0.25, 0.3) is 10.9 Å². The SMILES string of the molecule is CCC(=O)N(N)c1cc2c(C(N)=O)cccc2n1C1CCCCC1. The number of hydrazine groups is 1. The molecule has 3 rings (SSSR count). The maximum Gasteiger partial charge on any atom is 0.249 e. The van der Waals surface area contributed by atoms with E-state index in [2.05, 4.69) is 4.57 Å². The third-order valence-electron chi connectivity index (χ3n) is 4.89. The number of carbonyl (C=O) groups is 2. The summed E-state index contributed by atoms with van der Waals surface area (Å²) in [6.45, 7) is 1.78. The Morgan fingerprint density at radius 3 is 2.58 bits per heavy atom. The number of primary amides is 1. The van der Waals surface area contributed by atoms with Crippen LogP contribution in [0.2, 0.25) is 0 Å². The number of carbonyl (C=O) groups excluding carboxylic acids is 2. The molecule has 1 aromatic heterocycles. The molecule has 1 aliphatic rings. The summed E-state index contributed by atoms with van der Waals surface area (Å²) in [5.74, 6) is 6.10. The molecule has 0 unspecified atom stereocenters. The molecule has 1 heterocycles. The van der Waals surface area contributed by atoms with Gasteiger partial charge in [-0.25, -0.2) is 10.9 Å².